The van der Waals surface area contributed by atoms with Gasteiger partial charge in [-0.2, -0.15) is 5.10 Å². The first-order valence-electron chi connectivity index (χ1n) is 6.28. The molecule has 2 aromatic rings. The number of nitrogens with one attached hydrogen (secondary N) is 1. The summed E-state index contributed by atoms with van der Waals surface area (Å²) >= 11 is 1.35. The van der Waals surface area contributed by atoms with Crippen molar-refractivity contribution in [1.29, 1.82) is 0 Å². The molecule has 0 unspecified atom stereocenters. The van der Waals surface area contributed by atoms with Gasteiger partial charge in [-0.25, -0.2) is 4.68 Å². The highest BCUT2D eigenvalue weighted by Gasteiger charge is 2.12. The van der Waals surface area contributed by atoms with Crippen LogP contribution in [-0.4, -0.2) is 25.9 Å². The Morgan fingerprint density at radius 2 is 2.20 bits per heavy atom. The maximum Gasteiger partial charge on any atom is 0.277 e. The number of hydrogen-bond donors (Lipinski definition) is 1. The van der Waals surface area contributed by atoms with Gasteiger partial charge in [0.05, 0.1) is 0 Å². The number of nitrogens with zero attached hydrogens (tertiary/aromatic N) is 4. The molecule has 8 heteroatoms. The van der Waals surface area contributed by atoms with E-state index in [0.717, 1.165) is 29.0 Å². The lowest BCUT2D eigenvalue weighted by atomic mass is 10.3. The van der Waals surface area contributed by atoms with E-state index in [1.165, 1.54) is 30.5 Å². The van der Waals surface area contributed by atoms with Gasteiger partial charge in [-0.1, -0.05) is 24.7 Å². The lowest BCUT2D eigenvalue weighted by molar-refractivity contribution is 0.102. The van der Waals surface area contributed by atoms with Crippen molar-refractivity contribution in [3.8, 4) is 0 Å². The summed E-state index contributed by atoms with van der Waals surface area (Å²) in [7, 11) is 1.49. The maximum atomic E-state index is 12.0. The van der Waals surface area contributed by atoms with Crippen molar-refractivity contribution in [1.82, 2.24) is 20.0 Å². The molecule has 1 N–H and O–H groups in total. The Morgan fingerprint density at radius 3 is 2.90 bits per heavy atom. The predicted molar refractivity (Wildman–Crippen MR) is 76.0 cm³/mol. The van der Waals surface area contributed by atoms with Crippen molar-refractivity contribution >= 4 is 22.4 Å². The number of carbonyl (C=O) groups is 1. The van der Waals surface area contributed by atoms with Gasteiger partial charge in [0.15, 0.2) is 0 Å². The summed E-state index contributed by atoms with van der Waals surface area (Å²) in [5, 5.41) is 15.8. The van der Waals surface area contributed by atoms with Gasteiger partial charge in [-0.3, -0.25) is 14.9 Å². The minimum absolute atomic E-state index is 0.164. The predicted octanol–water partition coefficient (Wildman–Crippen LogP) is 1.23. The summed E-state index contributed by atoms with van der Waals surface area (Å²) in [6.07, 6.45) is 3.00. The van der Waals surface area contributed by atoms with Crippen LogP contribution >= 0.6 is 11.3 Å². The fourth-order valence-corrected chi connectivity index (χ4v) is 2.29. The number of carbonyl (C=O) groups excluding carboxylic acids is 1. The van der Waals surface area contributed by atoms with Gasteiger partial charge in [0.1, 0.15) is 10.7 Å². The maximum absolute atomic E-state index is 12.0. The van der Waals surface area contributed by atoms with Gasteiger partial charge >= 0.3 is 0 Å². The van der Waals surface area contributed by atoms with E-state index < -0.39 is 5.91 Å². The minimum Gasteiger partial charge on any atom is -0.295 e. The Morgan fingerprint density at radius 1 is 1.40 bits per heavy atom. The molecule has 0 aliphatic rings. The second-order valence-electron chi connectivity index (χ2n) is 4.24. The minimum atomic E-state index is -0.404. The zero-order valence-corrected chi connectivity index (χ0v) is 12.1. The van der Waals surface area contributed by atoms with E-state index in [-0.39, 0.29) is 11.3 Å². The highest BCUT2D eigenvalue weighted by molar-refractivity contribution is 7.15. The molecule has 0 saturated heterocycles. The first-order valence-corrected chi connectivity index (χ1v) is 7.10. The third-order valence-corrected chi connectivity index (χ3v) is 3.52. The van der Waals surface area contributed by atoms with E-state index in [1.807, 2.05) is 0 Å². The number of aromatic nitrogens is 4. The molecule has 106 valence electrons. The molecule has 0 spiro atoms. The molecule has 0 aromatic carbocycles. The molecule has 0 aliphatic heterocycles. The Labute approximate surface area is 119 Å². The molecule has 0 atom stereocenters. The van der Waals surface area contributed by atoms with Gasteiger partial charge in [-0.05, 0) is 12.5 Å². The third-order valence-electron chi connectivity index (χ3n) is 2.62. The van der Waals surface area contributed by atoms with Crippen LogP contribution in [0.2, 0.25) is 0 Å². The molecule has 0 bridgehead atoms. The fraction of sp³-hybridized carbons (Fsp3) is 0.417. The Balaban J connectivity index is 2.05. The largest absolute Gasteiger partial charge is 0.295 e. The smallest absolute Gasteiger partial charge is 0.277 e. The van der Waals surface area contributed by atoms with E-state index in [1.54, 1.807) is 0 Å². The van der Waals surface area contributed by atoms with Crippen LogP contribution in [0.25, 0.3) is 0 Å². The molecular weight excluding hydrogens is 278 g/mol. The van der Waals surface area contributed by atoms with E-state index in [9.17, 15) is 9.59 Å². The standard InChI is InChI=1S/C12H15N5O2S/c1-3-4-5-9-14-15-12(20-9)13-11(19)8-6-7-10(18)17(2)16-8/h6-7H,3-5H2,1-2H3,(H,13,15,19). The zero-order chi connectivity index (χ0) is 14.5. The van der Waals surface area contributed by atoms with Gasteiger partial charge in [0.25, 0.3) is 11.5 Å². The number of hydrogen-bond acceptors (Lipinski definition) is 6. The Hall–Kier alpha value is -2.09. The molecule has 2 heterocycles. The topological polar surface area (TPSA) is 89.8 Å². The third kappa shape index (κ3) is 3.47. The second-order valence-corrected chi connectivity index (χ2v) is 5.30. The fourth-order valence-electron chi connectivity index (χ4n) is 1.52. The molecule has 20 heavy (non-hydrogen) atoms. The van der Waals surface area contributed by atoms with Gasteiger partial charge in [0, 0.05) is 19.5 Å². The van der Waals surface area contributed by atoms with Crippen LogP contribution in [0.3, 0.4) is 0 Å². The molecule has 0 aliphatic carbocycles. The van der Waals surface area contributed by atoms with Crippen LogP contribution < -0.4 is 10.9 Å². The zero-order valence-electron chi connectivity index (χ0n) is 11.3. The van der Waals surface area contributed by atoms with E-state index in [2.05, 4.69) is 27.5 Å². The SMILES string of the molecule is CCCCc1nnc(NC(=O)c2ccc(=O)n(C)n2)s1. The van der Waals surface area contributed by atoms with Gasteiger partial charge in [0.2, 0.25) is 5.13 Å². The van der Waals surface area contributed by atoms with Crippen LogP contribution in [-0.2, 0) is 13.5 Å². The van der Waals surface area contributed by atoms with Gasteiger partial charge in [-0.15, -0.1) is 10.2 Å². The van der Waals surface area contributed by atoms with Crippen molar-refractivity contribution in [3.05, 3.63) is 33.2 Å². The van der Waals surface area contributed by atoms with E-state index >= 15 is 0 Å². The van der Waals surface area contributed by atoms with Crippen molar-refractivity contribution in [3.63, 3.8) is 0 Å². The van der Waals surface area contributed by atoms with Gasteiger partial charge < -0.3 is 0 Å². The summed E-state index contributed by atoms with van der Waals surface area (Å²) in [6.45, 7) is 2.11. The highest BCUT2D eigenvalue weighted by atomic mass is 32.1. The van der Waals surface area contributed by atoms with E-state index in [4.69, 9.17) is 0 Å². The first-order chi connectivity index (χ1) is 9.60. The van der Waals surface area contributed by atoms with Crippen LogP contribution in [0.1, 0.15) is 35.3 Å². The highest BCUT2D eigenvalue weighted by Crippen LogP contribution is 2.17. The number of anilines is 1. The molecule has 1 amide bonds. The van der Waals surface area contributed by atoms with Crippen molar-refractivity contribution in [2.45, 2.75) is 26.2 Å². The molecule has 2 aromatic heterocycles. The van der Waals surface area contributed by atoms with Crippen LogP contribution in [0.5, 0.6) is 0 Å². The molecular formula is C12H15N5O2S. The summed E-state index contributed by atoms with van der Waals surface area (Å²) in [5.74, 6) is -0.404. The van der Waals surface area contributed by atoms with Crippen LogP contribution in [0, 0.1) is 0 Å². The summed E-state index contributed by atoms with van der Waals surface area (Å²) in [4.78, 5) is 23.2. The number of amides is 1. The average Bonchev–Trinajstić information content (AvgIpc) is 2.87. The normalized spacial score (nSPS) is 10.5. The van der Waals surface area contributed by atoms with Crippen LogP contribution in [0.4, 0.5) is 5.13 Å². The second kappa shape index (κ2) is 6.38. The summed E-state index contributed by atoms with van der Waals surface area (Å²) < 4.78 is 1.11. The van der Waals surface area contributed by atoms with Crippen molar-refractivity contribution in [2.24, 2.45) is 7.05 Å². The lowest BCUT2D eigenvalue weighted by Gasteiger charge is -2.01. The Kier molecular flexibility index (Phi) is 4.57. The Bertz CT molecular complexity index is 664. The average molecular weight is 293 g/mol. The van der Waals surface area contributed by atoms with Crippen molar-refractivity contribution < 1.29 is 4.79 Å². The van der Waals surface area contributed by atoms with Crippen LogP contribution in [0.15, 0.2) is 16.9 Å². The lowest BCUT2D eigenvalue weighted by Crippen LogP contribution is -2.23. The molecule has 2 rings (SSSR count). The van der Waals surface area contributed by atoms with E-state index in [0.29, 0.717) is 5.13 Å². The molecule has 0 radical (unpaired) electrons. The number of unbranched alkanes of at least 4 members (excludes halogenated alkanes) is 1. The quantitative estimate of drug-likeness (QED) is 0.895. The summed E-state index contributed by atoms with van der Waals surface area (Å²) in [5.41, 5.74) is -0.100. The first kappa shape index (κ1) is 14.3. The molecule has 7 nitrogen and oxygen atoms in total. The molecule has 0 saturated carbocycles. The monoisotopic (exact) mass is 293 g/mol. The summed E-state index contributed by atoms with van der Waals surface area (Å²) in [6, 6.07) is 2.69. The number of aryl methyl sites for hydroxylation is 2. The van der Waals surface area contributed by atoms with Crippen molar-refractivity contribution in [2.75, 3.05) is 5.32 Å². The molecule has 0 fully saturated rings. The number of rotatable bonds is 5.